The fraction of sp³-hybridized carbons (Fsp3) is 0.273. The molecule has 0 aliphatic rings. The van der Waals surface area contributed by atoms with Gasteiger partial charge >= 0.3 is 11.9 Å². The molecule has 1 amide bonds. The first-order valence-corrected chi connectivity index (χ1v) is 10.4. The molecule has 0 aliphatic carbocycles. The van der Waals surface area contributed by atoms with Gasteiger partial charge in [0.15, 0.2) is 4.80 Å². The Bertz CT molecular complexity index is 1240. The van der Waals surface area contributed by atoms with Crippen LogP contribution in [0.1, 0.15) is 27.6 Å². The summed E-state index contributed by atoms with van der Waals surface area (Å²) < 4.78 is 22.5. The first-order chi connectivity index (χ1) is 15.4. The molecule has 0 radical (unpaired) electrons. The number of carbonyl (C=O) groups is 3. The van der Waals surface area contributed by atoms with E-state index in [1.165, 1.54) is 27.4 Å². The number of thiazole rings is 1. The Kier molecular flexibility index (Phi) is 7.26. The highest BCUT2D eigenvalue weighted by molar-refractivity contribution is 7.16. The normalized spacial score (nSPS) is 11.3. The summed E-state index contributed by atoms with van der Waals surface area (Å²) in [5.41, 5.74) is 1.19. The van der Waals surface area contributed by atoms with Crippen molar-refractivity contribution >= 4 is 39.4 Å². The molecule has 1 heterocycles. The molecular weight excluding hydrogens is 436 g/mol. The Morgan fingerprint density at radius 2 is 1.81 bits per heavy atom. The van der Waals surface area contributed by atoms with Gasteiger partial charge in [0.05, 0.1) is 49.3 Å². The lowest BCUT2D eigenvalue weighted by atomic mass is 10.2. The van der Waals surface area contributed by atoms with E-state index in [-0.39, 0.29) is 23.5 Å². The van der Waals surface area contributed by atoms with Gasteiger partial charge in [-0.3, -0.25) is 9.59 Å². The second-order valence-electron chi connectivity index (χ2n) is 6.43. The van der Waals surface area contributed by atoms with Crippen LogP contribution in [0.15, 0.2) is 41.4 Å². The molecule has 3 aromatic rings. The molecule has 0 spiro atoms. The van der Waals surface area contributed by atoms with E-state index in [2.05, 4.69) is 4.99 Å². The number of esters is 2. The average molecular weight is 458 g/mol. The van der Waals surface area contributed by atoms with E-state index in [4.69, 9.17) is 18.9 Å². The fourth-order valence-corrected chi connectivity index (χ4v) is 4.04. The first kappa shape index (κ1) is 23.0. The van der Waals surface area contributed by atoms with E-state index in [1.54, 1.807) is 41.8 Å². The quantitative estimate of drug-likeness (QED) is 0.501. The lowest BCUT2D eigenvalue weighted by molar-refractivity contribution is -0.141. The molecular formula is C22H22N2O7S. The van der Waals surface area contributed by atoms with Gasteiger partial charge in [-0.05, 0) is 43.3 Å². The molecule has 0 fully saturated rings. The van der Waals surface area contributed by atoms with Crippen molar-refractivity contribution in [2.45, 2.75) is 13.5 Å². The van der Waals surface area contributed by atoms with E-state index in [0.29, 0.717) is 27.3 Å². The Labute approximate surface area is 187 Å². The predicted octanol–water partition coefficient (Wildman–Crippen LogP) is 2.81. The topological polar surface area (TPSA) is 105 Å². The molecule has 0 saturated carbocycles. The van der Waals surface area contributed by atoms with Crippen LogP contribution in [-0.2, 0) is 20.8 Å². The van der Waals surface area contributed by atoms with Crippen molar-refractivity contribution in [3.63, 3.8) is 0 Å². The zero-order valence-electron chi connectivity index (χ0n) is 18.0. The van der Waals surface area contributed by atoms with Crippen molar-refractivity contribution in [2.24, 2.45) is 4.99 Å². The zero-order chi connectivity index (χ0) is 23.3. The molecule has 168 valence electrons. The maximum Gasteiger partial charge on any atom is 0.338 e. The van der Waals surface area contributed by atoms with Gasteiger partial charge in [0, 0.05) is 0 Å². The van der Waals surface area contributed by atoms with E-state index in [9.17, 15) is 14.4 Å². The molecule has 0 atom stereocenters. The summed E-state index contributed by atoms with van der Waals surface area (Å²) in [6, 6.07) is 9.72. The van der Waals surface area contributed by atoms with Gasteiger partial charge in [0.1, 0.15) is 18.0 Å². The summed E-state index contributed by atoms with van der Waals surface area (Å²) in [4.78, 5) is 41.6. The number of nitrogens with zero attached hydrogens (tertiary/aromatic N) is 2. The molecule has 10 heteroatoms. The van der Waals surface area contributed by atoms with E-state index >= 15 is 0 Å². The maximum atomic E-state index is 13.0. The minimum atomic E-state index is -0.573. The predicted molar refractivity (Wildman–Crippen MR) is 117 cm³/mol. The van der Waals surface area contributed by atoms with E-state index in [0.717, 1.165) is 11.3 Å². The van der Waals surface area contributed by atoms with Gasteiger partial charge < -0.3 is 23.5 Å². The highest BCUT2D eigenvalue weighted by Gasteiger charge is 2.17. The number of hydrogen-bond acceptors (Lipinski definition) is 8. The van der Waals surface area contributed by atoms with Crippen molar-refractivity contribution in [1.29, 1.82) is 0 Å². The molecule has 2 aromatic carbocycles. The minimum absolute atomic E-state index is 0.156. The second kappa shape index (κ2) is 10.1. The summed E-state index contributed by atoms with van der Waals surface area (Å²) in [5, 5.41) is 0. The second-order valence-corrected chi connectivity index (χ2v) is 7.44. The van der Waals surface area contributed by atoms with Crippen LogP contribution >= 0.6 is 11.3 Å². The Hall–Kier alpha value is -3.66. The summed E-state index contributed by atoms with van der Waals surface area (Å²) >= 11 is 1.16. The number of hydrogen-bond donors (Lipinski definition) is 0. The highest BCUT2D eigenvalue weighted by Crippen LogP contribution is 2.25. The third-order valence-corrected chi connectivity index (χ3v) is 5.58. The van der Waals surface area contributed by atoms with Gasteiger partial charge in [0.2, 0.25) is 0 Å². The van der Waals surface area contributed by atoms with Crippen LogP contribution in [0, 0.1) is 0 Å². The summed E-state index contributed by atoms with van der Waals surface area (Å²) in [5.74, 6) is -0.728. The fourth-order valence-electron chi connectivity index (χ4n) is 2.97. The average Bonchev–Trinajstić information content (AvgIpc) is 3.14. The van der Waals surface area contributed by atoms with Crippen LogP contribution in [0.5, 0.6) is 11.5 Å². The van der Waals surface area contributed by atoms with Crippen LogP contribution in [0.2, 0.25) is 0 Å². The lowest BCUT2D eigenvalue weighted by Crippen LogP contribution is -2.22. The Balaban J connectivity index is 2.16. The number of ether oxygens (including phenoxy) is 4. The van der Waals surface area contributed by atoms with Gasteiger partial charge in [-0.25, -0.2) is 4.79 Å². The van der Waals surface area contributed by atoms with Gasteiger partial charge in [0.25, 0.3) is 5.91 Å². The van der Waals surface area contributed by atoms with Gasteiger partial charge in [-0.15, -0.1) is 0 Å². The number of amides is 1. The molecule has 0 unspecified atom stereocenters. The molecule has 0 saturated heterocycles. The van der Waals surface area contributed by atoms with Crippen molar-refractivity contribution in [2.75, 3.05) is 27.9 Å². The highest BCUT2D eigenvalue weighted by atomic mass is 32.1. The lowest BCUT2D eigenvalue weighted by Gasteiger charge is -2.07. The SMILES string of the molecule is CCOC(=O)c1ccc2c(c1)sc(=NC(=O)c1cc(OC)ccc1OC)n2CC(=O)OC. The summed E-state index contributed by atoms with van der Waals surface area (Å²) in [6.07, 6.45) is 0. The largest absolute Gasteiger partial charge is 0.497 e. The Morgan fingerprint density at radius 3 is 2.47 bits per heavy atom. The molecule has 9 nitrogen and oxygen atoms in total. The third kappa shape index (κ3) is 4.80. The minimum Gasteiger partial charge on any atom is -0.497 e. The van der Waals surface area contributed by atoms with Gasteiger partial charge in [-0.1, -0.05) is 11.3 Å². The van der Waals surface area contributed by atoms with Crippen LogP contribution < -0.4 is 14.3 Å². The van der Waals surface area contributed by atoms with E-state index in [1.807, 2.05) is 0 Å². The molecule has 32 heavy (non-hydrogen) atoms. The third-order valence-electron chi connectivity index (χ3n) is 4.54. The van der Waals surface area contributed by atoms with Crippen LogP contribution in [0.25, 0.3) is 10.2 Å². The number of rotatable bonds is 7. The van der Waals surface area contributed by atoms with Crippen LogP contribution in [-0.4, -0.2) is 50.3 Å². The molecule has 0 bridgehead atoms. The zero-order valence-corrected chi connectivity index (χ0v) is 18.9. The Morgan fingerprint density at radius 1 is 1.03 bits per heavy atom. The summed E-state index contributed by atoms with van der Waals surface area (Å²) in [7, 11) is 4.22. The van der Waals surface area contributed by atoms with Crippen LogP contribution in [0.4, 0.5) is 0 Å². The number of methoxy groups -OCH3 is 3. The van der Waals surface area contributed by atoms with Crippen molar-refractivity contribution < 1.29 is 33.3 Å². The van der Waals surface area contributed by atoms with Crippen molar-refractivity contribution in [3.8, 4) is 11.5 Å². The van der Waals surface area contributed by atoms with Crippen molar-refractivity contribution in [3.05, 3.63) is 52.3 Å². The number of carbonyl (C=O) groups excluding carboxylic acids is 3. The maximum absolute atomic E-state index is 13.0. The molecule has 0 aliphatic heterocycles. The van der Waals surface area contributed by atoms with Crippen LogP contribution in [0.3, 0.4) is 0 Å². The number of benzene rings is 2. The standard InChI is InChI=1S/C22H22N2O7S/c1-5-31-21(27)13-6-8-16-18(10-13)32-22(24(16)12-19(25)30-4)23-20(26)15-11-14(28-2)7-9-17(15)29-3/h6-11H,5,12H2,1-4H3. The number of fused-ring (bicyclic) bond motifs is 1. The first-order valence-electron chi connectivity index (χ1n) is 9.60. The monoisotopic (exact) mass is 458 g/mol. The smallest absolute Gasteiger partial charge is 0.338 e. The molecule has 3 rings (SSSR count). The van der Waals surface area contributed by atoms with E-state index < -0.39 is 17.8 Å². The number of aromatic nitrogens is 1. The molecule has 1 aromatic heterocycles. The molecule has 0 N–H and O–H groups in total. The van der Waals surface area contributed by atoms with Crippen molar-refractivity contribution in [1.82, 2.24) is 4.57 Å². The van der Waals surface area contributed by atoms with Gasteiger partial charge in [-0.2, -0.15) is 4.99 Å². The summed E-state index contributed by atoms with van der Waals surface area (Å²) in [6.45, 7) is 1.82.